The summed E-state index contributed by atoms with van der Waals surface area (Å²) in [4.78, 5) is 4.30. The van der Waals surface area contributed by atoms with Crippen molar-refractivity contribution in [3.8, 4) is 6.07 Å². The Kier molecular flexibility index (Phi) is 2.83. The molecule has 0 saturated heterocycles. The smallest absolute Gasteiger partial charge is 0.0916 e. The van der Waals surface area contributed by atoms with Crippen molar-refractivity contribution in [3.63, 3.8) is 0 Å². The molecule has 1 atom stereocenters. The van der Waals surface area contributed by atoms with Gasteiger partial charge in [0.2, 0.25) is 0 Å². The van der Waals surface area contributed by atoms with E-state index in [0.717, 1.165) is 10.7 Å². The molecule has 0 spiro atoms. The first-order valence-electron chi connectivity index (χ1n) is 3.96. The third-order valence-electron chi connectivity index (χ3n) is 1.76. The van der Waals surface area contributed by atoms with Crippen molar-refractivity contribution in [1.82, 2.24) is 4.98 Å². The summed E-state index contributed by atoms with van der Waals surface area (Å²) in [6.45, 7) is 6.05. The average molecular weight is 180 g/mol. The Labute approximate surface area is 76.9 Å². The molecule has 0 aliphatic carbocycles. The van der Waals surface area contributed by atoms with E-state index in [0.29, 0.717) is 5.92 Å². The van der Waals surface area contributed by atoms with Crippen LogP contribution in [0.3, 0.4) is 0 Å². The van der Waals surface area contributed by atoms with Crippen LogP contribution < -0.4 is 0 Å². The fraction of sp³-hybridized carbons (Fsp3) is 0.556. The summed E-state index contributed by atoms with van der Waals surface area (Å²) in [5.74, 6) is 0.298. The minimum Gasteiger partial charge on any atom is -0.245 e. The summed E-state index contributed by atoms with van der Waals surface area (Å²) >= 11 is 1.60. The van der Waals surface area contributed by atoms with Gasteiger partial charge in [0.1, 0.15) is 0 Å². The van der Waals surface area contributed by atoms with Gasteiger partial charge in [-0.3, -0.25) is 0 Å². The van der Waals surface area contributed by atoms with Crippen molar-refractivity contribution < 1.29 is 0 Å². The van der Waals surface area contributed by atoms with Crippen LogP contribution >= 0.6 is 11.3 Å². The summed E-state index contributed by atoms with van der Waals surface area (Å²) in [5.41, 5.74) is 0.926. The third-order valence-corrected chi connectivity index (χ3v) is 2.55. The molecule has 3 heteroatoms. The molecular formula is C9H12N2S. The van der Waals surface area contributed by atoms with Crippen LogP contribution in [0, 0.1) is 24.2 Å². The van der Waals surface area contributed by atoms with E-state index in [-0.39, 0.29) is 5.92 Å². The number of aryl methyl sites for hydroxylation is 1. The van der Waals surface area contributed by atoms with E-state index >= 15 is 0 Å². The third kappa shape index (κ3) is 1.83. The first-order chi connectivity index (χ1) is 5.65. The molecule has 64 valence electrons. The Bertz CT molecular complexity index is 296. The molecule has 2 nitrogen and oxygen atoms in total. The van der Waals surface area contributed by atoms with E-state index < -0.39 is 0 Å². The molecule has 0 saturated carbocycles. The Morgan fingerprint density at radius 2 is 2.25 bits per heavy atom. The van der Waals surface area contributed by atoms with E-state index in [2.05, 4.69) is 11.1 Å². The van der Waals surface area contributed by atoms with Crippen LogP contribution in [-0.4, -0.2) is 4.98 Å². The van der Waals surface area contributed by atoms with Gasteiger partial charge in [-0.05, 0) is 12.8 Å². The molecule has 0 radical (unpaired) electrons. The van der Waals surface area contributed by atoms with E-state index in [9.17, 15) is 0 Å². The van der Waals surface area contributed by atoms with E-state index in [1.807, 2.05) is 26.2 Å². The number of nitriles is 1. The standard InChI is InChI=1S/C9H12N2S/c1-6(2)8(4-10)9-5-12-7(3)11-9/h5-6,8H,1-3H3. The van der Waals surface area contributed by atoms with Gasteiger partial charge in [0.05, 0.1) is 22.7 Å². The first kappa shape index (κ1) is 9.21. The average Bonchev–Trinajstić information content (AvgIpc) is 2.37. The Balaban J connectivity index is 2.89. The molecule has 0 aliphatic rings. The first-order valence-corrected chi connectivity index (χ1v) is 4.84. The summed E-state index contributed by atoms with van der Waals surface area (Å²) in [6, 6.07) is 2.28. The quantitative estimate of drug-likeness (QED) is 0.701. The molecule has 1 heterocycles. The zero-order chi connectivity index (χ0) is 9.14. The van der Waals surface area contributed by atoms with Crippen molar-refractivity contribution in [2.45, 2.75) is 26.7 Å². The van der Waals surface area contributed by atoms with Gasteiger partial charge >= 0.3 is 0 Å². The molecule has 0 fully saturated rings. The minimum absolute atomic E-state index is 0.0463. The van der Waals surface area contributed by atoms with Crippen molar-refractivity contribution >= 4 is 11.3 Å². The molecule has 0 aromatic carbocycles. The second kappa shape index (κ2) is 3.68. The van der Waals surface area contributed by atoms with Crippen LogP contribution in [0.25, 0.3) is 0 Å². The molecule has 1 unspecified atom stereocenters. The number of nitrogens with zero attached hydrogens (tertiary/aromatic N) is 2. The Morgan fingerprint density at radius 3 is 2.58 bits per heavy atom. The van der Waals surface area contributed by atoms with Crippen LogP contribution in [0.2, 0.25) is 0 Å². The van der Waals surface area contributed by atoms with Gasteiger partial charge in [0.25, 0.3) is 0 Å². The normalized spacial score (nSPS) is 12.9. The predicted molar refractivity (Wildman–Crippen MR) is 50.0 cm³/mol. The van der Waals surface area contributed by atoms with E-state index in [1.165, 1.54) is 0 Å². The molecule has 0 bridgehead atoms. The van der Waals surface area contributed by atoms with Gasteiger partial charge in [-0.2, -0.15) is 5.26 Å². The van der Waals surface area contributed by atoms with Crippen LogP contribution in [-0.2, 0) is 0 Å². The Morgan fingerprint density at radius 1 is 1.58 bits per heavy atom. The second-order valence-electron chi connectivity index (χ2n) is 3.14. The van der Waals surface area contributed by atoms with E-state index in [1.54, 1.807) is 11.3 Å². The number of thiazole rings is 1. The zero-order valence-corrected chi connectivity index (χ0v) is 8.35. The molecule has 0 amide bonds. The summed E-state index contributed by atoms with van der Waals surface area (Å²) < 4.78 is 0. The van der Waals surface area contributed by atoms with Gasteiger partial charge in [-0.25, -0.2) is 4.98 Å². The van der Waals surface area contributed by atoms with Gasteiger partial charge in [-0.1, -0.05) is 13.8 Å². The summed E-state index contributed by atoms with van der Waals surface area (Å²) in [6.07, 6.45) is 0. The van der Waals surface area contributed by atoms with Gasteiger partial charge in [0, 0.05) is 5.38 Å². The van der Waals surface area contributed by atoms with Crippen LogP contribution in [0.5, 0.6) is 0 Å². The molecule has 1 aromatic heterocycles. The number of hydrogen-bond acceptors (Lipinski definition) is 3. The van der Waals surface area contributed by atoms with Crippen molar-refractivity contribution in [1.29, 1.82) is 5.26 Å². The summed E-state index contributed by atoms with van der Waals surface area (Å²) in [5, 5.41) is 11.9. The number of hydrogen-bond donors (Lipinski definition) is 0. The van der Waals surface area contributed by atoms with Crippen LogP contribution in [0.15, 0.2) is 5.38 Å². The van der Waals surface area contributed by atoms with Gasteiger partial charge in [0.15, 0.2) is 0 Å². The van der Waals surface area contributed by atoms with Crippen molar-refractivity contribution in [2.24, 2.45) is 5.92 Å². The molecule has 12 heavy (non-hydrogen) atoms. The topological polar surface area (TPSA) is 36.7 Å². The monoisotopic (exact) mass is 180 g/mol. The number of aromatic nitrogens is 1. The highest BCUT2D eigenvalue weighted by Gasteiger charge is 2.17. The fourth-order valence-corrected chi connectivity index (χ4v) is 1.73. The lowest BCUT2D eigenvalue weighted by Crippen LogP contribution is -2.04. The van der Waals surface area contributed by atoms with Crippen molar-refractivity contribution in [3.05, 3.63) is 16.1 Å². The molecule has 0 N–H and O–H groups in total. The molecule has 0 aliphatic heterocycles. The Hall–Kier alpha value is -0.880. The van der Waals surface area contributed by atoms with Crippen LogP contribution in [0.4, 0.5) is 0 Å². The van der Waals surface area contributed by atoms with Crippen LogP contribution in [0.1, 0.15) is 30.5 Å². The van der Waals surface area contributed by atoms with E-state index in [4.69, 9.17) is 5.26 Å². The zero-order valence-electron chi connectivity index (χ0n) is 7.53. The lowest BCUT2D eigenvalue weighted by molar-refractivity contribution is 0.577. The van der Waals surface area contributed by atoms with Gasteiger partial charge < -0.3 is 0 Å². The fourth-order valence-electron chi connectivity index (χ4n) is 1.08. The number of rotatable bonds is 2. The highest BCUT2D eigenvalue weighted by Crippen LogP contribution is 2.24. The van der Waals surface area contributed by atoms with Gasteiger partial charge in [-0.15, -0.1) is 11.3 Å². The highest BCUT2D eigenvalue weighted by atomic mass is 32.1. The second-order valence-corrected chi connectivity index (χ2v) is 4.20. The van der Waals surface area contributed by atoms with Crippen molar-refractivity contribution in [2.75, 3.05) is 0 Å². The summed E-state index contributed by atoms with van der Waals surface area (Å²) in [7, 11) is 0. The lowest BCUT2D eigenvalue weighted by Gasteiger charge is -2.08. The molecular weight excluding hydrogens is 168 g/mol. The largest absolute Gasteiger partial charge is 0.245 e. The maximum Gasteiger partial charge on any atom is 0.0916 e. The maximum atomic E-state index is 8.87. The maximum absolute atomic E-state index is 8.87. The predicted octanol–water partition coefficient (Wildman–Crippen LogP) is 2.71. The minimum atomic E-state index is -0.0463. The molecule has 1 rings (SSSR count). The highest BCUT2D eigenvalue weighted by molar-refractivity contribution is 7.09. The SMILES string of the molecule is Cc1nc(C(C#N)C(C)C)cs1. The molecule has 1 aromatic rings. The lowest BCUT2D eigenvalue weighted by atomic mass is 9.95.